The quantitative estimate of drug-likeness (QED) is 0.0320. The average molecular weight is 1010 g/mol. The molecule has 0 bridgehead atoms. The lowest BCUT2D eigenvalue weighted by Crippen LogP contribution is -2.45. The van der Waals surface area contributed by atoms with Gasteiger partial charge in [0.1, 0.15) is 0 Å². The molecule has 0 saturated carbocycles. The van der Waals surface area contributed by atoms with Gasteiger partial charge in [-0.05, 0) is 83.5 Å². The van der Waals surface area contributed by atoms with Gasteiger partial charge in [-0.1, -0.05) is 288 Å². The number of hydrogen-bond donors (Lipinski definition) is 3. The van der Waals surface area contributed by atoms with Crippen molar-refractivity contribution in [1.82, 2.24) is 5.32 Å². The number of ether oxygens (including phenoxy) is 1. The number of carbonyl (C=O) groups is 2. The van der Waals surface area contributed by atoms with Crippen LogP contribution < -0.4 is 5.32 Å². The molecule has 0 aromatic heterocycles. The summed E-state index contributed by atoms with van der Waals surface area (Å²) in [5.74, 6) is -0.0425. The summed E-state index contributed by atoms with van der Waals surface area (Å²) in [4.78, 5) is 24.6. The molecule has 0 aliphatic rings. The standard InChI is InChI=1S/C66H125NO5/c1-3-5-7-9-11-13-15-17-19-21-27-30-34-38-42-46-50-54-58-64(69)63(62-68)67-65(70)59-55-51-47-43-39-35-31-28-24-22-23-25-29-33-37-41-45-49-53-57-61-72-66(71)60-56-52-48-44-40-36-32-26-20-18-16-14-12-10-8-6-4-2/h12,14,18,20,22,24,63-64,68-69H,3-11,13,15-17,19,21,23,25-62H2,1-2H3,(H,67,70)/b14-12-,20-18-,24-22-. The van der Waals surface area contributed by atoms with Gasteiger partial charge in [-0.2, -0.15) is 0 Å². The van der Waals surface area contributed by atoms with Crippen molar-refractivity contribution in [2.24, 2.45) is 0 Å². The Hall–Kier alpha value is -1.92. The van der Waals surface area contributed by atoms with Crippen molar-refractivity contribution in [3.63, 3.8) is 0 Å². The molecule has 6 nitrogen and oxygen atoms in total. The molecule has 72 heavy (non-hydrogen) atoms. The Morgan fingerprint density at radius 3 is 1.10 bits per heavy atom. The molecule has 0 heterocycles. The Kier molecular flexibility index (Phi) is 60.0. The van der Waals surface area contributed by atoms with Gasteiger partial charge in [0, 0.05) is 12.8 Å². The summed E-state index contributed by atoms with van der Waals surface area (Å²) < 4.78 is 5.49. The Labute approximate surface area is 449 Å². The lowest BCUT2D eigenvalue weighted by Gasteiger charge is -2.22. The summed E-state index contributed by atoms with van der Waals surface area (Å²) in [5, 5.41) is 23.3. The average Bonchev–Trinajstić information content (AvgIpc) is 3.38. The Morgan fingerprint density at radius 1 is 0.389 bits per heavy atom. The van der Waals surface area contributed by atoms with Gasteiger partial charge >= 0.3 is 5.97 Å². The van der Waals surface area contributed by atoms with Gasteiger partial charge in [0.25, 0.3) is 0 Å². The van der Waals surface area contributed by atoms with E-state index in [1.807, 2.05) is 0 Å². The Morgan fingerprint density at radius 2 is 0.694 bits per heavy atom. The molecule has 3 N–H and O–H groups in total. The maximum atomic E-state index is 12.5. The Balaban J connectivity index is 3.43. The van der Waals surface area contributed by atoms with Gasteiger partial charge in [0.2, 0.25) is 5.91 Å². The molecule has 0 aromatic carbocycles. The molecule has 0 fully saturated rings. The van der Waals surface area contributed by atoms with E-state index in [2.05, 4.69) is 55.6 Å². The zero-order valence-electron chi connectivity index (χ0n) is 48.4. The third-order valence-corrected chi connectivity index (χ3v) is 14.9. The summed E-state index contributed by atoms with van der Waals surface area (Å²) in [6.07, 6.45) is 77.2. The van der Waals surface area contributed by atoms with Gasteiger partial charge in [-0.3, -0.25) is 9.59 Å². The number of aliphatic hydroxyl groups is 2. The fourth-order valence-electron chi connectivity index (χ4n) is 9.96. The van der Waals surface area contributed by atoms with Crippen molar-refractivity contribution >= 4 is 11.9 Å². The van der Waals surface area contributed by atoms with Crippen LogP contribution in [0, 0.1) is 0 Å². The first-order valence-corrected chi connectivity index (χ1v) is 32.2. The number of carbonyl (C=O) groups excluding carboxylic acids is 2. The van der Waals surface area contributed by atoms with Crippen LogP contribution in [-0.2, 0) is 14.3 Å². The summed E-state index contributed by atoms with van der Waals surface area (Å²) in [6, 6.07) is -0.549. The molecule has 2 atom stereocenters. The first-order valence-electron chi connectivity index (χ1n) is 32.2. The first-order chi connectivity index (χ1) is 35.5. The zero-order valence-corrected chi connectivity index (χ0v) is 48.4. The molecule has 0 aliphatic heterocycles. The van der Waals surface area contributed by atoms with E-state index in [-0.39, 0.29) is 18.5 Å². The number of esters is 1. The molecule has 0 spiro atoms. The van der Waals surface area contributed by atoms with Crippen LogP contribution in [0.4, 0.5) is 0 Å². The number of aliphatic hydroxyl groups excluding tert-OH is 2. The number of unbranched alkanes of at least 4 members (excludes halogenated alkanes) is 43. The second-order valence-electron chi connectivity index (χ2n) is 22.1. The third-order valence-electron chi connectivity index (χ3n) is 14.9. The van der Waals surface area contributed by atoms with E-state index in [9.17, 15) is 19.8 Å². The molecular formula is C66H125NO5. The molecule has 2 unspecified atom stereocenters. The summed E-state index contributed by atoms with van der Waals surface area (Å²) >= 11 is 0. The van der Waals surface area contributed by atoms with Crippen LogP contribution in [0.25, 0.3) is 0 Å². The lowest BCUT2D eigenvalue weighted by molar-refractivity contribution is -0.143. The number of amides is 1. The normalized spacial score (nSPS) is 12.8. The number of nitrogens with one attached hydrogen (secondary N) is 1. The molecule has 0 radical (unpaired) electrons. The van der Waals surface area contributed by atoms with Gasteiger partial charge in [0.15, 0.2) is 0 Å². The third kappa shape index (κ3) is 57.4. The molecule has 0 aliphatic carbocycles. The maximum Gasteiger partial charge on any atom is 0.305 e. The minimum atomic E-state index is -0.671. The monoisotopic (exact) mass is 1010 g/mol. The van der Waals surface area contributed by atoms with Gasteiger partial charge in [-0.15, -0.1) is 0 Å². The highest BCUT2D eigenvalue weighted by Gasteiger charge is 2.20. The number of rotatable bonds is 60. The molecule has 424 valence electrons. The van der Waals surface area contributed by atoms with Gasteiger partial charge in [0.05, 0.1) is 25.4 Å². The smallest absolute Gasteiger partial charge is 0.305 e. The number of allylic oxidation sites excluding steroid dienone is 6. The van der Waals surface area contributed by atoms with Crippen LogP contribution in [0.1, 0.15) is 348 Å². The van der Waals surface area contributed by atoms with Crippen LogP contribution in [0.15, 0.2) is 36.5 Å². The minimum Gasteiger partial charge on any atom is -0.466 e. The van der Waals surface area contributed by atoms with Crippen LogP contribution in [0.5, 0.6) is 0 Å². The van der Waals surface area contributed by atoms with E-state index < -0.39 is 12.1 Å². The van der Waals surface area contributed by atoms with E-state index in [1.54, 1.807) is 0 Å². The molecule has 1 amide bonds. The van der Waals surface area contributed by atoms with Crippen molar-refractivity contribution < 1.29 is 24.5 Å². The second-order valence-corrected chi connectivity index (χ2v) is 22.1. The fraction of sp³-hybridized carbons (Fsp3) is 0.879. The van der Waals surface area contributed by atoms with Gasteiger partial charge in [-0.25, -0.2) is 0 Å². The molecule has 0 saturated heterocycles. The summed E-state index contributed by atoms with van der Waals surface area (Å²) in [5.41, 5.74) is 0. The van der Waals surface area contributed by atoms with Crippen LogP contribution in [0.3, 0.4) is 0 Å². The van der Waals surface area contributed by atoms with Gasteiger partial charge < -0.3 is 20.3 Å². The highest BCUT2D eigenvalue weighted by atomic mass is 16.5. The highest BCUT2D eigenvalue weighted by Crippen LogP contribution is 2.18. The topological polar surface area (TPSA) is 95.9 Å². The molecule has 6 heteroatoms. The van der Waals surface area contributed by atoms with E-state index in [1.165, 1.54) is 263 Å². The van der Waals surface area contributed by atoms with E-state index >= 15 is 0 Å². The Bertz CT molecular complexity index is 1170. The first kappa shape index (κ1) is 70.1. The number of hydrogen-bond acceptors (Lipinski definition) is 5. The largest absolute Gasteiger partial charge is 0.466 e. The van der Waals surface area contributed by atoms with E-state index in [0.29, 0.717) is 25.9 Å². The van der Waals surface area contributed by atoms with Crippen LogP contribution in [-0.4, -0.2) is 47.4 Å². The van der Waals surface area contributed by atoms with E-state index in [4.69, 9.17) is 4.74 Å². The second kappa shape index (κ2) is 61.6. The predicted molar refractivity (Wildman–Crippen MR) is 315 cm³/mol. The minimum absolute atomic E-state index is 0.00116. The molecule has 0 rings (SSSR count). The van der Waals surface area contributed by atoms with Crippen molar-refractivity contribution in [1.29, 1.82) is 0 Å². The SMILES string of the molecule is CCCCC/C=C\C/C=C\CCCCCCCCCC(=O)OCCCCCCCCCCC/C=C\CCCCCCCCCC(=O)NC(CO)C(O)CCCCCCCCCCCCCCCCCCCC. The van der Waals surface area contributed by atoms with Crippen molar-refractivity contribution in [2.75, 3.05) is 13.2 Å². The van der Waals surface area contributed by atoms with Crippen molar-refractivity contribution in [3.8, 4) is 0 Å². The van der Waals surface area contributed by atoms with Crippen molar-refractivity contribution in [3.05, 3.63) is 36.5 Å². The van der Waals surface area contributed by atoms with Crippen LogP contribution in [0.2, 0.25) is 0 Å². The zero-order chi connectivity index (χ0) is 52.2. The molecular weight excluding hydrogens is 887 g/mol. The summed E-state index contributed by atoms with van der Waals surface area (Å²) in [6.45, 7) is 4.94. The summed E-state index contributed by atoms with van der Waals surface area (Å²) in [7, 11) is 0. The predicted octanol–water partition coefficient (Wildman–Crippen LogP) is 20.4. The van der Waals surface area contributed by atoms with Crippen LogP contribution >= 0.6 is 0 Å². The van der Waals surface area contributed by atoms with E-state index in [0.717, 1.165) is 51.4 Å². The fourth-order valence-corrected chi connectivity index (χ4v) is 9.96. The lowest BCUT2D eigenvalue weighted by atomic mass is 10.0. The highest BCUT2D eigenvalue weighted by molar-refractivity contribution is 5.76. The maximum absolute atomic E-state index is 12.5. The van der Waals surface area contributed by atoms with Crippen molar-refractivity contribution in [2.45, 2.75) is 360 Å². The molecule has 0 aromatic rings.